The summed E-state index contributed by atoms with van der Waals surface area (Å²) in [4.78, 5) is 31.1. The van der Waals surface area contributed by atoms with Crippen LogP contribution in [-0.4, -0.2) is 32.7 Å². The highest BCUT2D eigenvalue weighted by Gasteiger charge is 2.26. The SMILES string of the molecule is Cc1c(C(=O)N[C@@H](CC(=O)OC(C)C)c2ccccc2Cl)c(Cn2cccn2)nc2ccccc12. The minimum Gasteiger partial charge on any atom is -0.463 e. The van der Waals surface area contributed by atoms with Gasteiger partial charge in [0.2, 0.25) is 0 Å². The molecule has 0 spiro atoms. The first-order valence-corrected chi connectivity index (χ1v) is 11.8. The average molecular weight is 491 g/mol. The number of benzene rings is 2. The fourth-order valence-corrected chi connectivity index (χ4v) is 4.38. The Balaban J connectivity index is 1.74. The van der Waals surface area contributed by atoms with E-state index in [1.54, 1.807) is 42.9 Å². The van der Waals surface area contributed by atoms with Gasteiger partial charge in [0, 0.05) is 22.8 Å². The summed E-state index contributed by atoms with van der Waals surface area (Å²) in [6.07, 6.45) is 3.18. The first kappa shape index (κ1) is 24.4. The van der Waals surface area contributed by atoms with Crippen LogP contribution in [0.1, 0.15) is 53.5 Å². The summed E-state index contributed by atoms with van der Waals surface area (Å²) in [6.45, 7) is 5.80. The molecule has 0 aliphatic heterocycles. The molecule has 0 unspecified atom stereocenters. The van der Waals surface area contributed by atoms with E-state index in [4.69, 9.17) is 21.3 Å². The molecule has 0 bridgehead atoms. The number of carbonyl (C=O) groups excluding carboxylic acids is 2. The van der Waals surface area contributed by atoms with Crippen LogP contribution in [0, 0.1) is 6.92 Å². The van der Waals surface area contributed by atoms with Crippen molar-refractivity contribution in [1.29, 1.82) is 0 Å². The Morgan fingerprint density at radius 3 is 2.54 bits per heavy atom. The second-order valence-electron chi connectivity index (χ2n) is 8.57. The Morgan fingerprint density at radius 2 is 1.83 bits per heavy atom. The van der Waals surface area contributed by atoms with E-state index >= 15 is 0 Å². The predicted molar refractivity (Wildman–Crippen MR) is 135 cm³/mol. The van der Waals surface area contributed by atoms with Crippen LogP contribution in [0.4, 0.5) is 0 Å². The molecule has 0 fully saturated rings. The second kappa shape index (κ2) is 10.7. The summed E-state index contributed by atoms with van der Waals surface area (Å²) < 4.78 is 7.07. The number of nitrogens with one attached hydrogen (secondary N) is 1. The van der Waals surface area contributed by atoms with Crippen molar-refractivity contribution in [3.05, 3.63) is 94.4 Å². The molecule has 4 aromatic rings. The molecule has 4 rings (SSSR count). The molecular formula is C27H27ClN4O3. The molecule has 0 saturated carbocycles. The molecule has 7 nitrogen and oxygen atoms in total. The van der Waals surface area contributed by atoms with Crippen molar-refractivity contribution in [2.24, 2.45) is 0 Å². The van der Waals surface area contributed by atoms with Gasteiger partial charge in [-0.25, -0.2) is 4.98 Å². The lowest BCUT2D eigenvalue weighted by molar-refractivity contribution is -0.147. The molecule has 0 radical (unpaired) electrons. The Hall–Kier alpha value is -3.71. The van der Waals surface area contributed by atoms with Crippen molar-refractivity contribution in [3.8, 4) is 0 Å². The zero-order chi connectivity index (χ0) is 24.9. The molecule has 8 heteroatoms. The number of hydrogen-bond acceptors (Lipinski definition) is 5. The average Bonchev–Trinajstić information content (AvgIpc) is 3.31. The van der Waals surface area contributed by atoms with E-state index in [1.807, 2.05) is 49.5 Å². The second-order valence-corrected chi connectivity index (χ2v) is 8.98. The molecule has 2 aromatic heterocycles. The zero-order valence-electron chi connectivity index (χ0n) is 19.9. The molecular weight excluding hydrogens is 464 g/mol. The molecule has 0 aliphatic rings. The topological polar surface area (TPSA) is 86.1 Å². The maximum atomic E-state index is 13.8. The minimum absolute atomic E-state index is 0.0534. The first-order valence-electron chi connectivity index (χ1n) is 11.4. The molecule has 2 aromatic carbocycles. The molecule has 1 N–H and O–H groups in total. The quantitative estimate of drug-likeness (QED) is 0.341. The first-order chi connectivity index (χ1) is 16.8. The molecule has 0 aliphatic carbocycles. The number of amides is 1. The van der Waals surface area contributed by atoms with E-state index in [0.717, 1.165) is 16.5 Å². The lowest BCUT2D eigenvalue weighted by Crippen LogP contribution is -2.33. The van der Waals surface area contributed by atoms with E-state index in [1.165, 1.54) is 0 Å². The number of nitrogens with zero attached hydrogens (tertiary/aromatic N) is 3. The highest BCUT2D eigenvalue weighted by Crippen LogP contribution is 2.28. The van der Waals surface area contributed by atoms with Crippen molar-refractivity contribution < 1.29 is 14.3 Å². The standard InChI is InChI=1S/C27H27ClN4O3/c1-17(2)35-25(33)15-23(20-10-4-6-11-21(20)28)31-27(34)26-18(3)19-9-5-7-12-22(19)30-24(26)16-32-14-8-13-29-32/h4-14,17,23H,15-16H2,1-3H3,(H,31,34)/t23-/m0/s1. The van der Waals surface area contributed by atoms with Crippen LogP contribution in [0.2, 0.25) is 5.02 Å². The minimum atomic E-state index is -0.675. The third-order valence-electron chi connectivity index (χ3n) is 5.65. The highest BCUT2D eigenvalue weighted by atomic mass is 35.5. The lowest BCUT2D eigenvalue weighted by atomic mass is 9.98. The number of esters is 1. The third-order valence-corrected chi connectivity index (χ3v) is 5.99. The number of carbonyl (C=O) groups is 2. The number of fused-ring (bicyclic) bond motifs is 1. The van der Waals surface area contributed by atoms with Gasteiger partial charge in [0.1, 0.15) is 0 Å². The van der Waals surface area contributed by atoms with Crippen molar-refractivity contribution in [3.63, 3.8) is 0 Å². The smallest absolute Gasteiger partial charge is 0.308 e. The Bertz CT molecular complexity index is 1350. The summed E-state index contributed by atoms with van der Waals surface area (Å²) in [5, 5.41) is 8.64. The molecule has 35 heavy (non-hydrogen) atoms. The van der Waals surface area contributed by atoms with Gasteiger partial charge >= 0.3 is 5.97 Å². The summed E-state index contributed by atoms with van der Waals surface area (Å²) in [7, 11) is 0. The Morgan fingerprint density at radius 1 is 1.09 bits per heavy atom. The van der Waals surface area contributed by atoms with Crippen molar-refractivity contribution in [1.82, 2.24) is 20.1 Å². The van der Waals surface area contributed by atoms with E-state index in [-0.39, 0.29) is 18.4 Å². The number of pyridine rings is 1. The molecule has 180 valence electrons. The summed E-state index contributed by atoms with van der Waals surface area (Å²) in [6, 6.07) is 16.0. The molecule has 1 amide bonds. The van der Waals surface area contributed by atoms with Gasteiger partial charge < -0.3 is 10.1 Å². The molecule has 1 atom stereocenters. The number of halogens is 1. The molecule has 2 heterocycles. The lowest BCUT2D eigenvalue weighted by Gasteiger charge is -2.22. The zero-order valence-corrected chi connectivity index (χ0v) is 20.6. The number of hydrogen-bond donors (Lipinski definition) is 1. The van der Waals surface area contributed by atoms with E-state index in [2.05, 4.69) is 10.4 Å². The maximum Gasteiger partial charge on any atom is 0.308 e. The largest absolute Gasteiger partial charge is 0.463 e. The van der Waals surface area contributed by atoms with E-state index < -0.39 is 12.0 Å². The summed E-state index contributed by atoms with van der Waals surface area (Å²) in [5.74, 6) is -0.763. The van der Waals surface area contributed by atoms with Crippen LogP contribution in [0.15, 0.2) is 67.0 Å². The number of aromatic nitrogens is 3. The van der Waals surface area contributed by atoms with Gasteiger partial charge in [-0.2, -0.15) is 5.10 Å². The van der Waals surface area contributed by atoms with Crippen LogP contribution in [0.3, 0.4) is 0 Å². The van der Waals surface area contributed by atoms with Gasteiger partial charge in [0.15, 0.2) is 0 Å². The van der Waals surface area contributed by atoms with Crippen molar-refractivity contribution in [2.75, 3.05) is 0 Å². The fourth-order valence-electron chi connectivity index (χ4n) is 4.11. The van der Waals surface area contributed by atoms with Crippen LogP contribution in [0.5, 0.6) is 0 Å². The Labute approximate surface area is 209 Å². The van der Waals surface area contributed by atoms with Crippen LogP contribution < -0.4 is 5.32 Å². The number of para-hydroxylation sites is 1. The number of ether oxygens (including phenoxy) is 1. The van der Waals surface area contributed by atoms with Gasteiger partial charge in [0.25, 0.3) is 5.91 Å². The van der Waals surface area contributed by atoms with Gasteiger partial charge in [-0.05, 0) is 50.1 Å². The maximum absolute atomic E-state index is 13.8. The van der Waals surface area contributed by atoms with Crippen LogP contribution in [-0.2, 0) is 16.1 Å². The van der Waals surface area contributed by atoms with E-state index in [0.29, 0.717) is 28.4 Å². The van der Waals surface area contributed by atoms with Crippen molar-refractivity contribution >= 4 is 34.4 Å². The summed E-state index contributed by atoms with van der Waals surface area (Å²) in [5.41, 5.74) is 3.28. The number of aryl methyl sites for hydroxylation is 1. The summed E-state index contributed by atoms with van der Waals surface area (Å²) >= 11 is 6.45. The normalized spacial score (nSPS) is 12.0. The van der Waals surface area contributed by atoms with Crippen LogP contribution >= 0.6 is 11.6 Å². The highest BCUT2D eigenvalue weighted by molar-refractivity contribution is 6.31. The Kier molecular flexibility index (Phi) is 7.46. The van der Waals surface area contributed by atoms with E-state index in [9.17, 15) is 9.59 Å². The van der Waals surface area contributed by atoms with Gasteiger partial charge in [-0.15, -0.1) is 0 Å². The fraction of sp³-hybridized carbons (Fsp3) is 0.259. The predicted octanol–water partition coefficient (Wildman–Crippen LogP) is 5.25. The van der Waals surface area contributed by atoms with Gasteiger partial charge in [-0.3, -0.25) is 14.3 Å². The van der Waals surface area contributed by atoms with Gasteiger partial charge in [-0.1, -0.05) is 48.0 Å². The molecule has 0 saturated heterocycles. The van der Waals surface area contributed by atoms with Crippen LogP contribution in [0.25, 0.3) is 10.9 Å². The van der Waals surface area contributed by atoms with Gasteiger partial charge in [0.05, 0.1) is 41.9 Å². The van der Waals surface area contributed by atoms with Crippen molar-refractivity contribution in [2.45, 2.75) is 45.9 Å². The number of rotatable bonds is 8. The third kappa shape index (κ3) is 5.69. The monoisotopic (exact) mass is 490 g/mol.